The molecule has 1 heterocycles. The predicted octanol–water partition coefficient (Wildman–Crippen LogP) is 2.54. The molecule has 0 radical (unpaired) electrons. The van der Waals surface area contributed by atoms with Crippen LogP contribution in [-0.4, -0.2) is 31.1 Å². The van der Waals surface area contributed by atoms with Crippen LogP contribution < -0.4 is 5.73 Å². The Balaban J connectivity index is 1.85. The third kappa shape index (κ3) is 3.33. The molecule has 0 saturated carbocycles. The number of likely N-dealkylation sites (tertiary alicyclic amines) is 1. The second kappa shape index (κ2) is 5.85. The fourth-order valence-electron chi connectivity index (χ4n) is 3.07. The van der Waals surface area contributed by atoms with Gasteiger partial charge >= 0.3 is 0 Å². The summed E-state index contributed by atoms with van der Waals surface area (Å²) in [6.45, 7) is 9.11. The highest BCUT2D eigenvalue weighted by atomic mass is 15.1. The summed E-state index contributed by atoms with van der Waals surface area (Å²) in [7, 11) is 0. The quantitative estimate of drug-likeness (QED) is 0.884. The summed E-state index contributed by atoms with van der Waals surface area (Å²) < 4.78 is 0. The maximum Gasteiger partial charge on any atom is 0.00359 e. The van der Waals surface area contributed by atoms with Gasteiger partial charge in [-0.2, -0.15) is 0 Å². The van der Waals surface area contributed by atoms with Gasteiger partial charge in [0.2, 0.25) is 0 Å². The monoisotopic (exact) mass is 246 g/mol. The van der Waals surface area contributed by atoms with Crippen molar-refractivity contribution >= 4 is 0 Å². The first-order chi connectivity index (χ1) is 8.62. The Hall–Kier alpha value is -0.860. The van der Waals surface area contributed by atoms with Crippen LogP contribution in [0, 0.1) is 11.3 Å². The van der Waals surface area contributed by atoms with Crippen LogP contribution in [0.4, 0.5) is 0 Å². The minimum atomic E-state index is 0.365. The van der Waals surface area contributed by atoms with Crippen LogP contribution in [0.15, 0.2) is 30.3 Å². The first kappa shape index (κ1) is 13.6. The van der Waals surface area contributed by atoms with E-state index in [1.165, 1.54) is 31.6 Å². The largest absolute Gasteiger partial charge is 0.330 e. The van der Waals surface area contributed by atoms with E-state index >= 15 is 0 Å². The maximum atomic E-state index is 5.87. The van der Waals surface area contributed by atoms with Crippen molar-refractivity contribution in [3.05, 3.63) is 35.9 Å². The summed E-state index contributed by atoms with van der Waals surface area (Å²) in [6.07, 6.45) is 2.41. The highest BCUT2D eigenvalue weighted by molar-refractivity contribution is 5.14. The highest BCUT2D eigenvalue weighted by Gasteiger charge is 2.34. The molecule has 1 aromatic carbocycles. The maximum absolute atomic E-state index is 5.87. The zero-order valence-electron chi connectivity index (χ0n) is 11.7. The molecule has 1 aromatic rings. The molecule has 1 saturated heterocycles. The molecule has 0 aromatic heterocycles. The van der Waals surface area contributed by atoms with Crippen LogP contribution in [0.25, 0.3) is 0 Å². The molecule has 1 aliphatic heterocycles. The lowest BCUT2D eigenvalue weighted by atomic mass is 9.74. The molecule has 2 N–H and O–H groups in total. The summed E-state index contributed by atoms with van der Waals surface area (Å²) >= 11 is 0. The van der Waals surface area contributed by atoms with Gasteiger partial charge in [0, 0.05) is 13.1 Å². The number of hydrogen-bond donors (Lipinski definition) is 1. The van der Waals surface area contributed by atoms with Gasteiger partial charge in [0.05, 0.1) is 0 Å². The molecule has 2 heteroatoms. The van der Waals surface area contributed by atoms with Crippen molar-refractivity contribution in [2.24, 2.45) is 17.1 Å². The van der Waals surface area contributed by atoms with Gasteiger partial charge in [-0.15, -0.1) is 0 Å². The Morgan fingerprint density at radius 3 is 2.61 bits per heavy atom. The molecule has 0 aliphatic carbocycles. The number of benzene rings is 1. The summed E-state index contributed by atoms with van der Waals surface area (Å²) in [5.41, 5.74) is 7.68. The fraction of sp³-hybridized carbons (Fsp3) is 0.625. The first-order valence-electron chi connectivity index (χ1n) is 7.08. The molecule has 0 amide bonds. The normalized spacial score (nSPS) is 24.1. The van der Waals surface area contributed by atoms with Gasteiger partial charge in [0.1, 0.15) is 0 Å². The molecule has 1 aliphatic rings. The van der Waals surface area contributed by atoms with Crippen molar-refractivity contribution in [1.82, 2.24) is 4.90 Å². The van der Waals surface area contributed by atoms with E-state index < -0.39 is 0 Å². The molecule has 18 heavy (non-hydrogen) atoms. The van der Waals surface area contributed by atoms with Crippen molar-refractivity contribution in [1.29, 1.82) is 0 Å². The van der Waals surface area contributed by atoms with Gasteiger partial charge in [0.15, 0.2) is 0 Å². The van der Waals surface area contributed by atoms with Crippen LogP contribution in [0.2, 0.25) is 0 Å². The zero-order valence-corrected chi connectivity index (χ0v) is 11.7. The average Bonchev–Trinajstić information content (AvgIpc) is 2.37. The second-order valence-corrected chi connectivity index (χ2v) is 6.22. The topological polar surface area (TPSA) is 29.3 Å². The lowest BCUT2D eigenvalue weighted by Crippen LogP contribution is -2.48. The van der Waals surface area contributed by atoms with Gasteiger partial charge in [-0.05, 0) is 42.8 Å². The zero-order chi connectivity index (χ0) is 13.0. The van der Waals surface area contributed by atoms with Gasteiger partial charge in [-0.25, -0.2) is 0 Å². The van der Waals surface area contributed by atoms with Crippen LogP contribution in [-0.2, 0) is 6.42 Å². The SMILES string of the molecule is CC1(C)CN(CCc2ccccc2)CCC1CN. The Kier molecular flexibility index (Phi) is 4.41. The molecular weight excluding hydrogens is 220 g/mol. The Morgan fingerprint density at radius 2 is 2.00 bits per heavy atom. The third-order valence-corrected chi connectivity index (χ3v) is 4.37. The van der Waals surface area contributed by atoms with E-state index in [0.29, 0.717) is 11.3 Å². The number of nitrogens with zero attached hydrogens (tertiary/aromatic N) is 1. The fourth-order valence-corrected chi connectivity index (χ4v) is 3.07. The molecule has 0 spiro atoms. The number of piperidine rings is 1. The summed E-state index contributed by atoms with van der Waals surface area (Å²) in [4.78, 5) is 2.60. The van der Waals surface area contributed by atoms with Crippen molar-refractivity contribution in [3.63, 3.8) is 0 Å². The number of rotatable bonds is 4. The average molecular weight is 246 g/mol. The van der Waals surface area contributed by atoms with Crippen molar-refractivity contribution in [2.75, 3.05) is 26.2 Å². The van der Waals surface area contributed by atoms with Crippen LogP contribution in [0.5, 0.6) is 0 Å². The second-order valence-electron chi connectivity index (χ2n) is 6.22. The van der Waals surface area contributed by atoms with Crippen LogP contribution in [0.3, 0.4) is 0 Å². The molecule has 0 bridgehead atoms. The van der Waals surface area contributed by atoms with E-state index in [-0.39, 0.29) is 0 Å². The molecule has 100 valence electrons. The van der Waals surface area contributed by atoms with E-state index in [9.17, 15) is 0 Å². The van der Waals surface area contributed by atoms with Crippen molar-refractivity contribution in [3.8, 4) is 0 Å². The van der Waals surface area contributed by atoms with E-state index in [2.05, 4.69) is 49.1 Å². The Labute approximate surface area is 111 Å². The number of hydrogen-bond acceptors (Lipinski definition) is 2. The Bertz CT molecular complexity index is 359. The first-order valence-corrected chi connectivity index (χ1v) is 7.08. The molecule has 2 nitrogen and oxygen atoms in total. The third-order valence-electron chi connectivity index (χ3n) is 4.37. The van der Waals surface area contributed by atoms with E-state index in [1.54, 1.807) is 0 Å². The van der Waals surface area contributed by atoms with Gasteiger partial charge in [0.25, 0.3) is 0 Å². The minimum Gasteiger partial charge on any atom is -0.330 e. The highest BCUT2D eigenvalue weighted by Crippen LogP contribution is 2.33. The number of nitrogens with two attached hydrogens (primary N) is 1. The van der Waals surface area contributed by atoms with Crippen molar-refractivity contribution in [2.45, 2.75) is 26.7 Å². The van der Waals surface area contributed by atoms with E-state index in [4.69, 9.17) is 5.73 Å². The van der Waals surface area contributed by atoms with E-state index in [0.717, 1.165) is 13.0 Å². The molecule has 1 unspecified atom stereocenters. The summed E-state index contributed by atoms with van der Waals surface area (Å²) in [6, 6.07) is 10.8. The molecule has 1 atom stereocenters. The smallest absolute Gasteiger partial charge is 0.00359 e. The summed E-state index contributed by atoms with van der Waals surface area (Å²) in [5.74, 6) is 0.686. The Morgan fingerprint density at radius 1 is 1.28 bits per heavy atom. The van der Waals surface area contributed by atoms with Crippen molar-refractivity contribution < 1.29 is 0 Å². The van der Waals surface area contributed by atoms with E-state index in [1.807, 2.05) is 0 Å². The standard InChI is InChI=1S/C16H26N2/c1-16(2)13-18(11-9-15(16)12-17)10-8-14-6-4-3-5-7-14/h3-7,15H,8-13,17H2,1-2H3. The molecular formula is C16H26N2. The van der Waals surface area contributed by atoms with Crippen LogP contribution in [0.1, 0.15) is 25.8 Å². The van der Waals surface area contributed by atoms with Gasteiger partial charge < -0.3 is 10.6 Å². The molecule has 2 rings (SSSR count). The summed E-state index contributed by atoms with van der Waals surface area (Å²) in [5, 5.41) is 0. The van der Waals surface area contributed by atoms with Crippen LogP contribution >= 0.6 is 0 Å². The minimum absolute atomic E-state index is 0.365. The van der Waals surface area contributed by atoms with Gasteiger partial charge in [-0.1, -0.05) is 44.2 Å². The molecule has 1 fully saturated rings. The van der Waals surface area contributed by atoms with Gasteiger partial charge in [-0.3, -0.25) is 0 Å². The lowest BCUT2D eigenvalue weighted by Gasteiger charge is -2.44. The lowest BCUT2D eigenvalue weighted by molar-refractivity contribution is 0.0604. The predicted molar refractivity (Wildman–Crippen MR) is 77.5 cm³/mol.